The van der Waals surface area contributed by atoms with Gasteiger partial charge < -0.3 is 5.32 Å². The Hall–Kier alpha value is -2.34. The van der Waals surface area contributed by atoms with Gasteiger partial charge in [-0.1, -0.05) is 12.1 Å². The van der Waals surface area contributed by atoms with Crippen LogP contribution in [-0.2, 0) is 9.59 Å². The summed E-state index contributed by atoms with van der Waals surface area (Å²) >= 11 is 1.54. The smallest absolute Gasteiger partial charge is 0.238 e. The van der Waals surface area contributed by atoms with E-state index in [0.29, 0.717) is 11.4 Å². The van der Waals surface area contributed by atoms with Crippen molar-refractivity contribution in [2.75, 3.05) is 16.0 Å². The lowest BCUT2D eigenvalue weighted by Crippen LogP contribution is -2.27. The third-order valence-electron chi connectivity index (χ3n) is 4.38. The highest BCUT2D eigenvalue weighted by atomic mass is 32.2. The van der Waals surface area contributed by atoms with E-state index in [1.165, 1.54) is 12.1 Å². The summed E-state index contributed by atoms with van der Waals surface area (Å²) in [5.74, 6) is 0.313. The van der Waals surface area contributed by atoms with Gasteiger partial charge in [0, 0.05) is 17.3 Å². The van der Waals surface area contributed by atoms with Gasteiger partial charge in [0.15, 0.2) is 0 Å². The number of benzene rings is 2. The topological polar surface area (TPSA) is 49.4 Å². The van der Waals surface area contributed by atoms with E-state index in [1.54, 1.807) is 28.8 Å². The molecule has 2 aliphatic rings. The van der Waals surface area contributed by atoms with E-state index in [4.69, 9.17) is 0 Å². The fraction of sp³-hybridized carbons (Fsp3) is 0.263. The Morgan fingerprint density at radius 1 is 1.08 bits per heavy atom. The van der Waals surface area contributed by atoms with Crippen LogP contribution in [0.15, 0.2) is 48.5 Å². The van der Waals surface area contributed by atoms with E-state index in [9.17, 15) is 14.0 Å². The first-order valence-electron chi connectivity index (χ1n) is 8.22. The van der Waals surface area contributed by atoms with Crippen LogP contribution in [0.3, 0.4) is 0 Å². The molecule has 25 heavy (non-hydrogen) atoms. The van der Waals surface area contributed by atoms with Crippen LogP contribution in [0.25, 0.3) is 0 Å². The molecule has 1 heterocycles. The molecule has 6 heteroatoms. The number of rotatable bonds is 4. The van der Waals surface area contributed by atoms with Gasteiger partial charge in [0.25, 0.3) is 0 Å². The van der Waals surface area contributed by atoms with Gasteiger partial charge in [-0.05, 0) is 54.8 Å². The zero-order valence-electron chi connectivity index (χ0n) is 13.4. The molecule has 128 valence electrons. The van der Waals surface area contributed by atoms with Crippen LogP contribution >= 0.6 is 11.8 Å². The average molecular weight is 356 g/mol. The Balaban J connectivity index is 1.54. The molecule has 2 amide bonds. The summed E-state index contributed by atoms with van der Waals surface area (Å²) in [7, 11) is 0. The van der Waals surface area contributed by atoms with Crippen LogP contribution in [0.2, 0.25) is 0 Å². The normalized spacial score (nSPS) is 20.0. The molecule has 2 aromatic rings. The third kappa shape index (κ3) is 3.39. The lowest BCUT2D eigenvalue weighted by Gasteiger charge is -2.24. The van der Waals surface area contributed by atoms with E-state index < -0.39 is 0 Å². The SMILES string of the molecule is O=C(Nc1ccc(C2SCC(=O)N2c2ccc(F)cc2)cc1)C1CC1. The standard InChI is InChI=1S/C19H17FN2O2S/c20-14-5-9-16(10-6-14)22-17(23)11-25-19(22)13-3-7-15(8-4-13)21-18(24)12-1-2-12/h3-10,12,19H,1-2,11H2,(H,21,24). The van der Waals surface area contributed by atoms with Crippen LogP contribution in [-0.4, -0.2) is 17.6 Å². The van der Waals surface area contributed by atoms with Crippen molar-refractivity contribution in [3.05, 3.63) is 59.9 Å². The van der Waals surface area contributed by atoms with E-state index >= 15 is 0 Å². The molecule has 0 bridgehead atoms. The van der Waals surface area contributed by atoms with Crippen molar-refractivity contribution in [1.29, 1.82) is 0 Å². The van der Waals surface area contributed by atoms with Gasteiger partial charge in [0.1, 0.15) is 11.2 Å². The van der Waals surface area contributed by atoms with Crippen LogP contribution in [0.4, 0.5) is 15.8 Å². The number of nitrogens with one attached hydrogen (secondary N) is 1. The molecule has 1 N–H and O–H groups in total. The minimum atomic E-state index is -0.324. The second-order valence-corrected chi connectivity index (χ2v) is 7.36. The Morgan fingerprint density at radius 2 is 1.76 bits per heavy atom. The van der Waals surface area contributed by atoms with E-state index in [1.807, 2.05) is 24.3 Å². The number of carbonyl (C=O) groups is 2. The predicted molar refractivity (Wildman–Crippen MR) is 96.9 cm³/mol. The number of nitrogens with zero attached hydrogens (tertiary/aromatic N) is 1. The molecule has 2 fully saturated rings. The molecule has 2 aromatic carbocycles. The predicted octanol–water partition coefficient (Wildman–Crippen LogP) is 3.95. The molecule has 0 spiro atoms. The number of amides is 2. The number of anilines is 2. The third-order valence-corrected chi connectivity index (χ3v) is 5.60. The second-order valence-electron chi connectivity index (χ2n) is 6.29. The van der Waals surface area contributed by atoms with Crippen molar-refractivity contribution in [2.24, 2.45) is 5.92 Å². The number of hydrogen-bond donors (Lipinski definition) is 1. The van der Waals surface area contributed by atoms with Crippen molar-refractivity contribution in [3.63, 3.8) is 0 Å². The molecular formula is C19H17FN2O2S. The van der Waals surface area contributed by atoms with Crippen molar-refractivity contribution in [2.45, 2.75) is 18.2 Å². The summed E-state index contributed by atoms with van der Waals surface area (Å²) in [5, 5.41) is 2.76. The van der Waals surface area contributed by atoms with Gasteiger partial charge in [0.2, 0.25) is 11.8 Å². The lowest BCUT2D eigenvalue weighted by molar-refractivity contribution is -0.117. The van der Waals surface area contributed by atoms with Crippen molar-refractivity contribution in [1.82, 2.24) is 0 Å². The lowest BCUT2D eigenvalue weighted by atomic mass is 10.1. The molecule has 1 atom stereocenters. The number of thioether (sulfide) groups is 1. The number of hydrogen-bond acceptors (Lipinski definition) is 3. The van der Waals surface area contributed by atoms with E-state index in [-0.39, 0.29) is 28.9 Å². The van der Waals surface area contributed by atoms with Gasteiger partial charge in [0.05, 0.1) is 5.75 Å². The Kier molecular flexibility index (Phi) is 4.21. The molecule has 1 aliphatic heterocycles. The molecule has 4 nitrogen and oxygen atoms in total. The summed E-state index contributed by atoms with van der Waals surface area (Å²) in [6.45, 7) is 0. The first-order chi connectivity index (χ1) is 12.1. The first-order valence-corrected chi connectivity index (χ1v) is 9.27. The highest BCUT2D eigenvalue weighted by molar-refractivity contribution is 8.00. The summed E-state index contributed by atoms with van der Waals surface area (Å²) < 4.78 is 13.2. The fourth-order valence-corrected chi connectivity index (χ4v) is 4.05. The summed E-state index contributed by atoms with van der Waals surface area (Å²) in [4.78, 5) is 25.8. The van der Waals surface area contributed by atoms with Gasteiger partial charge >= 0.3 is 0 Å². The van der Waals surface area contributed by atoms with Crippen molar-refractivity contribution in [3.8, 4) is 0 Å². The largest absolute Gasteiger partial charge is 0.326 e. The Bertz CT molecular complexity index is 803. The van der Waals surface area contributed by atoms with Crippen LogP contribution in [0, 0.1) is 11.7 Å². The molecular weight excluding hydrogens is 339 g/mol. The summed E-state index contributed by atoms with van der Waals surface area (Å²) in [5.41, 5.74) is 2.43. The first kappa shape index (κ1) is 16.1. The summed E-state index contributed by atoms with van der Waals surface area (Å²) in [6, 6.07) is 13.5. The van der Waals surface area contributed by atoms with Gasteiger partial charge in [-0.3, -0.25) is 14.5 Å². The summed E-state index contributed by atoms with van der Waals surface area (Å²) in [6.07, 6.45) is 1.94. The van der Waals surface area contributed by atoms with E-state index in [2.05, 4.69) is 5.32 Å². The molecule has 0 aromatic heterocycles. The van der Waals surface area contributed by atoms with Crippen molar-refractivity contribution >= 4 is 35.0 Å². The quantitative estimate of drug-likeness (QED) is 0.902. The maximum absolute atomic E-state index is 13.2. The molecule has 1 saturated carbocycles. The fourth-order valence-electron chi connectivity index (χ4n) is 2.87. The van der Waals surface area contributed by atoms with Crippen LogP contribution in [0.5, 0.6) is 0 Å². The minimum absolute atomic E-state index is 0.00715. The minimum Gasteiger partial charge on any atom is -0.326 e. The van der Waals surface area contributed by atoms with Gasteiger partial charge in [-0.2, -0.15) is 0 Å². The van der Waals surface area contributed by atoms with Crippen LogP contribution in [0.1, 0.15) is 23.8 Å². The zero-order chi connectivity index (χ0) is 17.4. The molecule has 1 unspecified atom stereocenters. The average Bonchev–Trinajstić information content (AvgIpc) is 3.40. The highest BCUT2D eigenvalue weighted by Crippen LogP contribution is 2.42. The maximum Gasteiger partial charge on any atom is 0.238 e. The monoisotopic (exact) mass is 356 g/mol. The Morgan fingerprint density at radius 3 is 2.40 bits per heavy atom. The molecule has 0 radical (unpaired) electrons. The van der Waals surface area contributed by atoms with Gasteiger partial charge in [-0.25, -0.2) is 4.39 Å². The highest BCUT2D eigenvalue weighted by Gasteiger charge is 2.34. The molecule has 1 aliphatic carbocycles. The Labute approximate surface area is 149 Å². The zero-order valence-corrected chi connectivity index (χ0v) is 14.3. The van der Waals surface area contributed by atoms with E-state index in [0.717, 1.165) is 24.1 Å². The second kappa shape index (κ2) is 6.52. The van der Waals surface area contributed by atoms with Gasteiger partial charge in [-0.15, -0.1) is 11.8 Å². The maximum atomic E-state index is 13.2. The number of halogens is 1. The van der Waals surface area contributed by atoms with Crippen LogP contribution < -0.4 is 10.2 Å². The molecule has 4 rings (SSSR count). The number of carbonyl (C=O) groups excluding carboxylic acids is 2. The van der Waals surface area contributed by atoms with Crippen molar-refractivity contribution < 1.29 is 14.0 Å². The molecule has 1 saturated heterocycles.